The Hall–Kier alpha value is -2.73. The van der Waals surface area contributed by atoms with Crippen LogP contribution in [0.5, 0.6) is 5.75 Å². The summed E-state index contributed by atoms with van der Waals surface area (Å²) in [6, 6.07) is 15.6. The second-order valence-electron chi connectivity index (χ2n) is 4.94. The Kier molecular flexibility index (Phi) is 5.62. The molecule has 0 aliphatic carbocycles. The standard InChI is InChI=1S/C19H19NO2/c1-15-6-5-7-16(14-15)10-11-19(21)20-13-12-17-8-3-4-9-18(17)22-2/h3-9,14H,12-13H2,1-2H3,(H,20,21). The molecule has 0 saturated carbocycles. The first kappa shape index (κ1) is 15.7. The lowest BCUT2D eigenvalue weighted by atomic mass is 10.1. The molecule has 0 heterocycles. The maximum Gasteiger partial charge on any atom is 0.296 e. The third-order valence-electron chi connectivity index (χ3n) is 3.21. The molecule has 0 bridgehead atoms. The summed E-state index contributed by atoms with van der Waals surface area (Å²) in [5, 5.41) is 2.80. The molecule has 1 N–H and O–H groups in total. The van der Waals surface area contributed by atoms with E-state index >= 15 is 0 Å². The largest absolute Gasteiger partial charge is 0.496 e. The van der Waals surface area contributed by atoms with Gasteiger partial charge >= 0.3 is 0 Å². The van der Waals surface area contributed by atoms with Crippen LogP contribution in [0.3, 0.4) is 0 Å². The highest BCUT2D eigenvalue weighted by molar-refractivity contribution is 5.94. The molecule has 2 rings (SSSR count). The predicted octanol–water partition coefficient (Wildman–Crippen LogP) is 2.71. The second kappa shape index (κ2) is 7.90. The number of ether oxygens (including phenoxy) is 1. The summed E-state index contributed by atoms with van der Waals surface area (Å²) in [6.07, 6.45) is 0.710. The first-order valence-electron chi connectivity index (χ1n) is 7.17. The van der Waals surface area contributed by atoms with Crippen LogP contribution >= 0.6 is 0 Å². The first-order valence-corrected chi connectivity index (χ1v) is 7.17. The summed E-state index contributed by atoms with van der Waals surface area (Å²) in [5.41, 5.74) is 3.04. The highest BCUT2D eigenvalue weighted by Gasteiger charge is 2.02. The molecule has 1 amide bonds. The van der Waals surface area contributed by atoms with E-state index in [0.29, 0.717) is 13.0 Å². The van der Waals surface area contributed by atoms with Gasteiger partial charge < -0.3 is 10.1 Å². The normalized spacial score (nSPS) is 9.55. The summed E-state index contributed by atoms with van der Waals surface area (Å²) in [5.74, 6) is 6.05. The van der Waals surface area contributed by atoms with Crippen molar-refractivity contribution in [2.45, 2.75) is 13.3 Å². The molecule has 0 saturated heterocycles. The summed E-state index contributed by atoms with van der Waals surface area (Å²) in [4.78, 5) is 11.7. The Morgan fingerprint density at radius 1 is 1.18 bits per heavy atom. The van der Waals surface area contributed by atoms with Gasteiger partial charge in [0.15, 0.2) is 0 Å². The number of nitrogens with one attached hydrogen (secondary N) is 1. The third kappa shape index (κ3) is 4.68. The van der Waals surface area contributed by atoms with Crippen molar-refractivity contribution in [3.05, 3.63) is 65.2 Å². The zero-order valence-electron chi connectivity index (χ0n) is 12.8. The average molecular weight is 293 g/mol. The second-order valence-corrected chi connectivity index (χ2v) is 4.94. The van der Waals surface area contributed by atoms with E-state index in [1.807, 2.05) is 55.5 Å². The molecule has 22 heavy (non-hydrogen) atoms. The Morgan fingerprint density at radius 3 is 2.77 bits per heavy atom. The molecular weight excluding hydrogens is 274 g/mol. The quantitative estimate of drug-likeness (QED) is 0.880. The van der Waals surface area contributed by atoms with Gasteiger partial charge in [-0.25, -0.2) is 0 Å². The summed E-state index contributed by atoms with van der Waals surface area (Å²) >= 11 is 0. The fourth-order valence-corrected chi connectivity index (χ4v) is 2.12. The molecule has 0 atom stereocenters. The van der Waals surface area contributed by atoms with Crippen molar-refractivity contribution < 1.29 is 9.53 Å². The lowest BCUT2D eigenvalue weighted by Gasteiger charge is -2.07. The minimum absolute atomic E-state index is 0.267. The molecule has 3 heteroatoms. The van der Waals surface area contributed by atoms with Gasteiger partial charge in [0.05, 0.1) is 7.11 Å². The van der Waals surface area contributed by atoms with Crippen LogP contribution in [0, 0.1) is 18.8 Å². The van der Waals surface area contributed by atoms with Gasteiger partial charge in [-0.3, -0.25) is 4.79 Å². The number of para-hydroxylation sites is 1. The SMILES string of the molecule is COc1ccccc1CCNC(=O)C#Cc1cccc(C)c1. The molecule has 0 spiro atoms. The van der Waals surface area contributed by atoms with E-state index in [-0.39, 0.29) is 5.91 Å². The zero-order valence-corrected chi connectivity index (χ0v) is 12.8. The van der Waals surface area contributed by atoms with Gasteiger partial charge in [-0.1, -0.05) is 36.3 Å². The molecule has 0 radical (unpaired) electrons. The summed E-state index contributed by atoms with van der Waals surface area (Å²) < 4.78 is 5.28. The predicted molar refractivity (Wildman–Crippen MR) is 87.8 cm³/mol. The van der Waals surface area contributed by atoms with Crippen molar-refractivity contribution in [1.29, 1.82) is 0 Å². The van der Waals surface area contributed by atoms with Gasteiger partial charge in [0.25, 0.3) is 5.91 Å². The highest BCUT2D eigenvalue weighted by atomic mass is 16.5. The van der Waals surface area contributed by atoms with Crippen molar-refractivity contribution in [3.63, 3.8) is 0 Å². The fraction of sp³-hybridized carbons (Fsp3) is 0.211. The van der Waals surface area contributed by atoms with Crippen LogP contribution in [0.1, 0.15) is 16.7 Å². The van der Waals surface area contributed by atoms with E-state index in [2.05, 4.69) is 17.2 Å². The van der Waals surface area contributed by atoms with Crippen LogP contribution in [0.25, 0.3) is 0 Å². The van der Waals surface area contributed by atoms with E-state index in [9.17, 15) is 4.79 Å². The molecular formula is C19H19NO2. The lowest BCUT2D eigenvalue weighted by molar-refractivity contribution is -0.115. The average Bonchev–Trinajstić information content (AvgIpc) is 2.53. The maximum absolute atomic E-state index is 11.7. The van der Waals surface area contributed by atoms with Gasteiger partial charge in [-0.2, -0.15) is 0 Å². The number of amides is 1. The zero-order chi connectivity index (χ0) is 15.8. The number of methoxy groups -OCH3 is 1. The Bertz CT molecular complexity index is 711. The van der Waals surface area contributed by atoms with Crippen LogP contribution in [-0.2, 0) is 11.2 Å². The summed E-state index contributed by atoms with van der Waals surface area (Å²) in [6.45, 7) is 2.53. The van der Waals surface area contributed by atoms with Gasteiger partial charge in [0.2, 0.25) is 0 Å². The number of hydrogen-bond acceptors (Lipinski definition) is 2. The van der Waals surface area contributed by atoms with Gasteiger partial charge in [0, 0.05) is 18.0 Å². The molecule has 0 unspecified atom stereocenters. The minimum Gasteiger partial charge on any atom is -0.496 e. The number of aryl methyl sites for hydroxylation is 1. The smallest absolute Gasteiger partial charge is 0.296 e. The van der Waals surface area contributed by atoms with Crippen molar-refractivity contribution in [3.8, 4) is 17.6 Å². The van der Waals surface area contributed by atoms with Crippen LogP contribution in [0.2, 0.25) is 0 Å². The van der Waals surface area contributed by atoms with Gasteiger partial charge in [-0.15, -0.1) is 0 Å². The minimum atomic E-state index is -0.267. The van der Waals surface area contributed by atoms with Crippen LogP contribution in [-0.4, -0.2) is 19.6 Å². The number of benzene rings is 2. The molecule has 0 aromatic heterocycles. The maximum atomic E-state index is 11.7. The Morgan fingerprint density at radius 2 is 2.00 bits per heavy atom. The monoisotopic (exact) mass is 293 g/mol. The molecule has 0 aliphatic rings. The molecule has 0 aliphatic heterocycles. The number of carbonyl (C=O) groups is 1. The summed E-state index contributed by atoms with van der Waals surface area (Å²) in [7, 11) is 1.64. The van der Waals surface area contributed by atoms with E-state index in [1.165, 1.54) is 0 Å². The third-order valence-corrected chi connectivity index (χ3v) is 3.21. The molecule has 3 nitrogen and oxygen atoms in total. The number of hydrogen-bond donors (Lipinski definition) is 1. The fourth-order valence-electron chi connectivity index (χ4n) is 2.12. The highest BCUT2D eigenvalue weighted by Crippen LogP contribution is 2.17. The van der Waals surface area contributed by atoms with Gasteiger partial charge in [-0.05, 0) is 42.7 Å². The molecule has 112 valence electrons. The van der Waals surface area contributed by atoms with E-state index in [0.717, 1.165) is 22.4 Å². The van der Waals surface area contributed by atoms with Crippen molar-refractivity contribution in [2.75, 3.05) is 13.7 Å². The van der Waals surface area contributed by atoms with E-state index in [1.54, 1.807) is 7.11 Å². The van der Waals surface area contributed by atoms with E-state index in [4.69, 9.17) is 4.74 Å². The van der Waals surface area contributed by atoms with Crippen molar-refractivity contribution >= 4 is 5.91 Å². The first-order chi connectivity index (χ1) is 10.7. The Labute approximate surface area is 131 Å². The van der Waals surface area contributed by atoms with Crippen LogP contribution in [0.4, 0.5) is 0 Å². The van der Waals surface area contributed by atoms with Crippen molar-refractivity contribution in [1.82, 2.24) is 5.32 Å². The van der Waals surface area contributed by atoms with Crippen molar-refractivity contribution in [2.24, 2.45) is 0 Å². The molecule has 0 fully saturated rings. The number of carbonyl (C=O) groups excluding carboxylic acids is 1. The van der Waals surface area contributed by atoms with Gasteiger partial charge in [0.1, 0.15) is 5.75 Å². The molecule has 2 aromatic carbocycles. The van der Waals surface area contributed by atoms with Crippen LogP contribution < -0.4 is 10.1 Å². The number of rotatable bonds is 4. The Balaban J connectivity index is 1.86. The van der Waals surface area contributed by atoms with E-state index < -0.39 is 0 Å². The van der Waals surface area contributed by atoms with Crippen LogP contribution in [0.15, 0.2) is 48.5 Å². The lowest BCUT2D eigenvalue weighted by Crippen LogP contribution is -2.24. The topological polar surface area (TPSA) is 38.3 Å². The molecule has 2 aromatic rings.